The number of hydrogen-bond acceptors (Lipinski definition) is 8. The highest BCUT2D eigenvalue weighted by Crippen LogP contribution is 2.21. The van der Waals surface area contributed by atoms with Crippen LogP contribution in [0.2, 0.25) is 0 Å². The molecule has 0 aliphatic rings. The van der Waals surface area contributed by atoms with Crippen LogP contribution in [-0.2, 0) is 0 Å². The fraction of sp³-hybridized carbons (Fsp3) is 0. The highest BCUT2D eigenvalue weighted by Gasteiger charge is 2.16. The van der Waals surface area contributed by atoms with Gasteiger partial charge in [-0.2, -0.15) is 0 Å². The Morgan fingerprint density at radius 2 is 1.33 bits per heavy atom. The maximum absolute atomic E-state index is 8.45. The molecule has 8 nitrogen and oxygen atoms in total. The fourth-order valence-corrected chi connectivity index (χ4v) is 1.26. The molecule has 94 valence electrons. The Balaban J connectivity index is 2.32. The molecule has 0 fully saturated rings. The SMILES string of the molecule is ON=C(Cl)c1cc(-c2cc(C(Cl)=NO)on2)no1. The lowest BCUT2D eigenvalue weighted by atomic mass is 10.3. The minimum atomic E-state index is -0.257. The van der Waals surface area contributed by atoms with E-state index in [0.29, 0.717) is 0 Å². The van der Waals surface area contributed by atoms with E-state index in [0.717, 1.165) is 0 Å². The molecule has 0 aliphatic heterocycles. The standard InChI is InChI=1S/C8H4Cl2N4O4/c9-7(11-15)5-1-3(13-17-5)4-2-6(18-14-4)8(10)12-16/h1-2,15-16H. The molecule has 2 heterocycles. The molecule has 0 spiro atoms. The second kappa shape index (κ2) is 5.07. The van der Waals surface area contributed by atoms with Gasteiger partial charge in [0, 0.05) is 12.1 Å². The molecule has 0 atom stereocenters. The van der Waals surface area contributed by atoms with Crippen LogP contribution in [0.4, 0.5) is 0 Å². The lowest BCUT2D eigenvalue weighted by Crippen LogP contribution is -1.86. The van der Waals surface area contributed by atoms with E-state index in [1.165, 1.54) is 12.1 Å². The largest absolute Gasteiger partial charge is 0.410 e. The average Bonchev–Trinajstić information content (AvgIpc) is 3.04. The maximum atomic E-state index is 8.45. The Morgan fingerprint density at radius 3 is 1.67 bits per heavy atom. The van der Waals surface area contributed by atoms with Crippen LogP contribution in [-0.4, -0.2) is 31.1 Å². The van der Waals surface area contributed by atoms with Crippen LogP contribution in [0.25, 0.3) is 11.4 Å². The number of hydrogen-bond donors (Lipinski definition) is 2. The molecular weight excluding hydrogens is 287 g/mol. The zero-order valence-electron chi connectivity index (χ0n) is 8.41. The van der Waals surface area contributed by atoms with Crippen LogP contribution in [0.3, 0.4) is 0 Å². The molecule has 0 unspecified atom stereocenters. The Kier molecular flexibility index (Phi) is 3.49. The highest BCUT2D eigenvalue weighted by atomic mass is 35.5. The number of oxime groups is 2. The zero-order chi connectivity index (χ0) is 13.1. The van der Waals surface area contributed by atoms with E-state index < -0.39 is 0 Å². The summed E-state index contributed by atoms with van der Waals surface area (Å²) < 4.78 is 9.60. The summed E-state index contributed by atoms with van der Waals surface area (Å²) in [5, 5.41) is 29.1. The van der Waals surface area contributed by atoms with Gasteiger partial charge in [-0.15, -0.1) is 0 Å². The van der Waals surface area contributed by atoms with Crippen LogP contribution < -0.4 is 0 Å². The van der Waals surface area contributed by atoms with Gasteiger partial charge >= 0.3 is 0 Å². The lowest BCUT2D eigenvalue weighted by Gasteiger charge is -1.83. The molecule has 2 aromatic rings. The highest BCUT2D eigenvalue weighted by molar-refractivity contribution is 6.69. The summed E-state index contributed by atoms with van der Waals surface area (Å²) in [4.78, 5) is 0. The summed E-state index contributed by atoms with van der Waals surface area (Å²) in [6.45, 7) is 0. The molecule has 18 heavy (non-hydrogen) atoms. The first kappa shape index (κ1) is 12.4. The van der Waals surface area contributed by atoms with E-state index in [4.69, 9.17) is 42.7 Å². The molecule has 0 radical (unpaired) electrons. The van der Waals surface area contributed by atoms with E-state index in [1.54, 1.807) is 0 Å². The van der Waals surface area contributed by atoms with Gasteiger partial charge in [-0.05, 0) is 0 Å². The summed E-state index contributed by atoms with van der Waals surface area (Å²) in [7, 11) is 0. The number of aromatic nitrogens is 2. The molecule has 0 saturated carbocycles. The van der Waals surface area contributed by atoms with Crippen molar-refractivity contribution in [1.29, 1.82) is 0 Å². The van der Waals surface area contributed by atoms with E-state index in [9.17, 15) is 0 Å². The molecule has 2 N–H and O–H groups in total. The number of rotatable bonds is 3. The van der Waals surface area contributed by atoms with Gasteiger partial charge in [0.05, 0.1) is 0 Å². The Bertz CT molecular complexity index is 564. The minimum absolute atomic E-state index is 0.0561. The Morgan fingerprint density at radius 1 is 0.944 bits per heavy atom. The predicted octanol–water partition coefficient (Wildman–Crippen LogP) is 2.08. The van der Waals surface area contributed by atoms with Crippen molar-refractivity contribution in [2.24, 2.45) is 10.3 Å². The van der Waals surface area contributed by atoms with Crippen LogP contribution in [0.1, 0.15) is 11.5 Å². The molecule has 0 bridgehead atoms. The molecule has 0 amide bonds. The van der Waals surface area contributed by atoms with Gasteiger partial charge < -0.3 is 19.5 Å². The van der Waals surface area contributed by atoms with E-state index in [1.807, 2.05) is 0 Å². The third kappa shape index (κ3) is 2.29. The monoisotopic (exact) mass is 290 g/mol. The average molecular weight is 291 g/mol. The first-order valence-corrected chi connectivity index (χ1v) is 5.11. The van der Waals surface area contributed by atoms with E-state index in [2.05, 4.69) is 20.6 Å². The zero-order valence-corrected chi connectivity index (χ0v) is 9.92. The third-order valence-electron chi connectivity index (χ3n) is 1.86. The van der Waals surface area contributed by atoms with Crippen LogP contribution in [0.15, 0.2) is 31.5 Å². The van der Waals surface area contributed by atoms with Crippen LogP contribution in [0.5, 0.6) is 0 Å². The second-order valence-corrected chi connectivity index (χ2v) is 3.65. The predicted molar refractivity (Wildman–Crippen MR) is 60.4 cm³/mol. The van der Waals surface area contributed by atoms with Crippen LogP contribution in [0, 0.1) is 0 Å². The van der Waals surface area contributed by atoms with Crippen LogP contribution >= 0.6 is 23.2 Å². The summed E-state index contributed by atoms with van der Waals surface area (Å²) in [6, 6.07) is 2.77. The topological polar surface area (TPSA) is 117 Å². The molecule has 10 heteroatoms. The van der Waals surface area contributed by atoms with Crippen molar-refractivity contribution >= 4 is 33.5 Å². The molecule has 0 saturated heterocycles. The lowest BCUT2D eigenvalue weighted by molar-refractivity contribution is 0.317. The first-order valence-electron chi connectivity index (χ1n) is 4.35. The van der Waals surface area contributed by atoms with Gasteiger partial charge in [0.25, 0.3) is 0 Å². The number of halogens is 2. The quantitative estimate of drug-likeness (QED) is 0.508. The smallest absolute Gasteiger partial charge is 0.213 e. The normalized spacial score (nSPS) is 13.0. The third-order valence-corrected chi connectivity index (χ3v) is 2.39. The summed E-state index contributed by atoms with van der Waals surface area (Å²) in [5.74, 6) is 0.112. The van der Waals surface area contributed by atoms with Crippen molar-refractivity contribution in [3.63, 3.8) is 0 Å². The van der Waals surface area contributed by atoms with Gasteiger partial charge in [-0.25, -0.2) is 0 Å². The van der Waals surface area contributed by atoms with Gasteiger partial charge in [0.15, 0.2) is 0 Å². The second-order valence-electron chi connectivity index (χ2n) is 2.93. The van der Waals surface area contributed by atoms with Gasteiger partial charge in [-0.1, -0.05) is 43.8 Å². The molecule has 2 aromatic heterocycles. The van der Waals surface area contributed by atoms with Gasteiger partial charge in [0.1, 0.15) is 11.4 Å². The summed E-state index contributed by atoms with van der Waals surface area (Å²) in [6.07, 6.45) is 0. The summed E-state index contributed by atoms with van der Waals surface area (Å²) >= 11 is 11.0. The van der Waals surface area contributed by atoms with Crippen molar-refractivity contribution in [1.82, 2.24) is 10.3 Å². The molecular formula is C8H4Cl2N4O4. The van der Waals surface area contributed by atoms with E-state index in [-0.39, 0.29) is 33.3 Å². The van der Waals surface area contributed by atoms with Crippen molar-refractivity contribution in [2.45, 2.75) is 0 Å². The van der Waals surface area contributed by atoms with Crippen molar-refractivity contribution in [2.75, 3.05) is 0 Å². The molecule has 0 aromatic carbocycles. The molecule has 0 aliphatic carbocycles. The molecule has 2 rings (SSSR count). The maximum Gasteiger partial charge on any atom is 0.213 e. The van der Waals surface area contributed by atoms with Gasteiger partial charge in [-0.3, -0.25) is 0 Å². The van der Waals surface area contributed by atoms with Crippen molar-refractivity contribution in [3.05, 3.63) is 23.7 Å². The summed E-state index contributed by atoms with van der Waals surface area (Å²) in [5.41, 5.74) is 0.563. The van der Waals surface area contributed by atoms with E-state index >= 15 is 0 Å². The van der Waals surface area contributed by atoms with Crippen molar-refractivity contribution < 1.29 is 19.5 Å². The number of nitrogens with zero attached hydrogens (tertiary/aromatic N) is 4. The van der Waals surface area contributed by atoms with Gasteiger partial charge in [0.2, 0.25) is 21.9 Å². The Hall–Kier alpha value is -2.06. The fourth-order valence-electron chi connectivity index (χ4n) is 1.08. The van der Waals surface area contributed by atoms with Crippen molar-refractivity contribution in [3.8, 4) is 11.4 Å². The first-order chi connectivity index (χ1) is 8.65. The Labute approximate surface area is 109 Å². The minimum Gasteiger partial charge on any atom is -0.410 e.